The first-order valence-corrected chi connectivity index (χ1v) is 7.04. The maximum atomic E-state index is 6.19. The van der Waals surface area contributed by atoms with E-state index in [0.29, 0.717) is 5.02 Å². The topological polar surface area (TPSA) is 43.4 Å². The van der Waals surface area contributed by atoms with Crippen molar-refractivity contribution in [1.82, 2.24) is 10.3 Å². The first kappa shape index (κ1) is 15.6. The van der Waals surface area contributed by atoms with Gasteiger partial charge in [-0.25, -0.2) is 0 Å². The summed E-state index contributed by atoms with van der Waals surface area (Å²) in [6.07, 6.45) is 4.17. The van der Waals surface area contributed by atoms with Crippen LogP contribution in [0, 0.1) is 0 Å². The van der Waals surface area contributed by atoms with E-state index in [9.17, 15) is 0 Å². The van der Waals surface area contributed by atoms with Crippen molar-refractivity contribution in [3.8, 4) is 11.5 Å². The van der Waals surface area contributed by atoms with Crippen molar-refractivity contribution in [2.75, 3.05) is 21.3 Å². The first-order chi connectivity index (χ1) is 10.2. The standard InChI is InChI=1S/C16H19ClN2O2/c1-18-16(8-11-4-5-19-10-15(11)17)12-6-13(20-2)9-14(7-12)21-3/h4-7,9-10,16,18H,8H2,1-3H3. The molecular formula is C16H19ClN2O2. The summed E-state index contributed by atoms with van der Waals surface area (Å²) in [5.41, 5.74) is 2.13. The third-order valence-electron chi connectivity index (χ3n) is 3.41. The minimum Gasteiger partial charge on any atom is -0.497 e. The number of rotatable bonds is 6. The quantitative estimate of drug-likeness (QED) is 0.889. The molecule has 0 saturated carbocycles. The average Bonchev–Trinajstić information content (AvgIpc) is 2.53. The van der Waals surface area contributed by atoms with Gasteiger partial charge in [0.05, 0.1) is 19.2 Å². The van der Waals surface area contributed by atoms with Gasteiger partial charge in [-0.3, -0.25) is 4.98 Å². The molecular weight excluding hydrogens is 288 g/mol. The van der Waals surface area contributed by atoms with Gasteiger partial charge in [-0.2, -0.15) is 0 Å². The molecule has 0 amide bonds. The minimum absolute atomic E-state index is 0.105. The van der Waals surface area contributed by atoms with Crippen molar-refractivity contribution in [3.63, 3.8) is 0 Å². The lowest BCUT2D eigenvalue weighted by atomic mass is 9.99. The van der Waals surface area contributed by atoms with Crippen molar-refractivity contribution >= 4 is 11.6 Å². The zero-order valence-electron chi connectivity index (χ0n) is 12.4. The minimum atomic E-state index is 0.105. The summed E-state index contributed by atoms with van der Waals surface area (Å²) in [6, 6.07) is 7.89. The van der Waals surface area contributed by atoms with Crippen LogP contribution in [-0.4, -0.2) is 26.3 Å². The number of benzene rings is 1. The fraction of sp³-hybridized carbons (Fsp3) is 0.312. The van der Waals surface area contributed by atoms with E-state index in [4.69, 9.17) is 21.1 Å². The number of nitrogens with one attached hydrogen (secondary N) is 1. The van der Waals surface area contributed by atoms with E-state index in [2.05, 4.69) is 10.3 Å². The number of halogens is 1. The van der Waals surface area contributed by atoms with Crippen LogP contribution in [0.4, 0.5) is 0 Å². The molecule has 1 aromatic heterocycles. The SMILES string of the molecule is CNC(Cc1ccncc1Cl)c1cc(OC)cc(OC)c1. The lowest BCUT2D eigenvalue weighted by molar-refractivity contribution is 0.392. The zero-order valence-corrected chi connectivity index (χ0v) is 13.1. The second kappa shape index (κ2) is 7.29. The van der Waals surface area contributed by atoms with Crippen LogP contribution in [0.15, 0.2) is 36.7 Å². The van der Waals surface area contributed by atoms with Crippen LogP contribution in [0.2, 0.25) is 5.02 Å². The zero-order chi connectivity index (χ0) is 15.2. The van der Waals surface area contributed by atoms with Gasteiger partial charge < -0.3 is 14.8 Å². The number of nitrogens with zero attached hydrogens (tertiary/aromatic N) is 1. The van der Waals surface area contributed by atoms with Crippen molar-refractivity contribution < 1.29 is 9.47 Å². The Kier molecular flexibility index (Phi) is 5.42. The molecule has 21 heavy (non-hydrogen) atoms. The summed E-state index contributed by atoms with van der Waals surface area (Å²) in [5, 5.41) is 3.98. The normalized spacial score (nSPS) is 12.0. The van der Waals surface area contributed by atoms with E-state index in [1.807, 2.05) is 31.3 Å². The van der Waals surface area contributed by atoms with Gasteiger partial charge in [-0.1, -0.05) is 11.6 Å². The molecule has 4 nitrogen and oxygen atoms in total. The highest BCUT2D eigenvalue weighted by atomic mass is 35.5. The molecule has 0 aliphatic carbocycles. The van der Waals surface area contributed by atoms with E-state index >= 15 is 0 Å². The van der Waals surface area contributed by atoms with Crippen LogP contribution >= 0.6 is 11.6 Å². The van der Waals surface area contributed by atoms with Gasteiger partial charge in [-0.05, 0) is 42.8 Å². The number of hydrogen-bond acceptors (Lipinski definition) is 4. The second-order valence-corrected chi connectivity index (χ2v) is 5.07. The lowest BCUT2D eigenvalue weighted by Crippen LogP contribution is -2.19. The number of aromatic nitrogens is 1. The molecule has 0 bridgehead atoms. The van der Waals surface area contributed by atoms with Crippen LogP contribution < -0.4 is 14.8 Å². The van der Waals surface area contributed by atoms with E-state index in [-0.39, 0.29) is 6.04 Å². The van der Waals surface area contributed by atoms with Crippen LogP contribution in [0.1, 0.15) is 17.2 Å². The molecule has 0 radical (unpaired) electrons. The summed E-state index contributed by atoms with van der Waals surface area (Å²) in [5.74, 6) is 1.54. The third kappa shape index (κ3) is 3.86. The molecule has 1 atom stereocenters. The molecule has 0 fully saturated rings. The molecule has 0 spiro atoms. The van der Waals surface area contributed by atoms with Crippen molar-refractivity contribution in [3.05, 3.63) is 52.8 Å². The Morgan fingerprint density at radius 3 is 2.38 bits per heavy atom. The molecule has 5 heteroatoms. The van der Waals surface area contributed by atoms with Crippen molar-refractivity contribution in [2.45, 2.75) is 12.5 Å². The summed E-state index contributed by atoms with van der Waals surface area (Å²) in [6.45, 7) is 0. The number of pyridine rings is 1. The Labute approximate surface area is 130 Å². The molecule has 1 heterocycles. The molecule has 1 unspecified atom stereocenters. The van der Waals surface area contributed by atoms with E-state index < -0.39 is 0 Å². The Bertz CT molecular complexity index is 582. The molecule has 1 N–H and O–H groups in total. The summed E-state index contributed by atoms with van der Waals surface area (Å²) in [4.78, 5) is 4.01. The first-order valence-electron chi connectivity index (χ1n) is 6.66. The predicted molar refractivity (Wildman–Crippen MR) is 84.3 cm³/mol. The molecule has 2 rings (SSSR count). The highest BCUT2D eigenvalue weighted by Crippen LogP contribution is 2.29. The van der Waals surface area contributed by atoms with Crippen molar-refractivity contribution in [1.29, 1.82) is 0 Å². The number of likely N-dealkylation sites (N-methyl/N-ethyl adjacent to an activating group) is 1. The van der Waals surface area contributed by atoms with Gasteiger partial charge in [0.25, 0.3) is 0 Å². The monoisotopic (exact) mass is 306 g/mol. The molecule has 112 valence electrons. The van der Waals surface area contributed by atoms with Crippen LogP contribution in [0.5, 0.6) is 11.5 Å². The summed E-state index contributed by atoms with van der Waals surface area (Å²) >= 11 is 6.19. The largest absolute Gasteiger partial charge is 0.497 e. The number of hydrogen-bond donors (Lipinski definition) is 1. The maximum absolute atomic E-state index is 6.19. The van der Waals surface area contributed by atoms with Gasteiger partial charge in [0.1, 0.15) is 11.5 Å². The highest BCUT2D eigenvalue weighted by Gasteiger charge is 2.14. The van der Waals surface area contributed by atoms with Gasteiger partial charge in [0.15, 0.2) is 0 Å². The van der Waals surface area contributed by atoms with Crippen LogP contribution in [-0.2, 0) is 6.42 Å². The van der Waals surface area contributed by atoms with Gasteiger partial charge >= 0.3 is 0 Å². The number of ether oxygens (including phenoxy) is 2. The highest BCUT2D eigenvalue weighted by molar-refractivity contribution is 6.31. The second-order valence-electron chi connectivity index (χ2n) is 4.66. The van der Waals surface area contributed by atoms with Crippen LogP contribution in [0.3, 0.4) is 0 Å². The average molecular weight is 307 g/mol. The van der Waals surface area contributed by atoms with Crippen molar-refractivity contribution in [2.24, 2.45) is 0 Å². The smallest absolute Gasteiger partial charge is 0.122 e. The molecule has 0 aliphatic rings. The van der Waals surface area contributed by atoms with E-state index in [1.165, 1.54) is 0 Å². The maximum Gasteiger partial charge on any atom is 0.122 e. The Morgan fingerprint density at radius 1 is 1.19 bits per heavy atom. The summed E-state index contributed by atoms with van der Waals surface area (Å²) < 4.78 is 10.6. The van der Waals surface area contributed by atoms with E-state index in [1.54, 1.807) is 26.6 Å². The van der Waals surface area contributed by atoms with Crippen LogP contribution in [0.25, 0.3) is 0 Å². The van der Waals surface area contributed by atoms with E-state index in [0.717, 1.165) is 29.0 Å². The van der Waals surface area contributed by atoms with Gasteiger partial charge in [0, 0.05) is 24.5 Å². The van der Waals surface area contributed by atoms with Gasteiger partial charge in [-0.15, -0.1) is 0 Å². The van der Waals surface area contributed by atoms with Gasteiger partial charge in [0.2, 0.25) is 0 Å². The summed E-state index contributed by atoms with van der Waals surface area (Å²) in [7, 11) is 5.21. The Morgan fingerprint density at radius 2 is 1.86 bits per heavy atom. The number of methoxy groups -OCH3 is 2. The fourth-order valence-corrected chi connectivity index (χ4v) is 2.40. The third-order valence-corrected chi connectivity index (χ3v) is 3.75. The Balaban J connectivity index is 2.31. The Hall–Kier alpha value is -1.78. The molecule has 1 aromatic carbocycles. The molecule has 0 aliphatic heterocycles. The predicted octanol–water partition coefficient (Wildman–Crippen LogP) is 3.26. The molecule has 2 aromatic rings. The lowest BCUT2D eigenvalue weighted by Gasteiger charge is -2.19. The molecule has 0 saturated heterocycles. The fourth-order valence-electron chi connectivity index (χ4n) is 2.21.